The smallest absolute Gasteiger partial charge is 0.347 e. The van der Waals surface area contributed by atoms with Gasteiger partial charge >= 0.3 is 18.3 Å². The molecule has 0 fully saturated rings. The third kappa shape index (κ3) is 3.18. The maximum atomic E-state index is 13.7. The van der Waals surface area contributed by atoms with Gasteiger partial charge in [-0.3, -0.25) is 0 Å². The maximum Gasteiger partial charge on any atom is 0.347 e. The minimum Gasteiger partial charge on any atom is -0.478 e. The van der Waals surface area contributed by atoms with E-state index in [1.165, 1.54) is 12.1 Å². The summed E-state index contributed by atoms with van der Waals surface area (Å²) in [5.41, 5.74) is -0.193. The fraction of sp³-hybridized carbons (Fsp3) is 0.438. The van der Waals surface area contributed by atoms with E-state index in [0.29, 0.717) is 0 Å². The fourth-order valence-corrected chi connectivity index (χ4v) is 2.23. The van der Waals surface area contributed by atoms with Crippen molar-refractivity contribution in [2.24, 2.45) is 0 Å². The maximum absolute atomic E-state index is 13.7. The van der Waals surface area contributed by atoms with Gasteiger partial charge in [0, 0.05) is 5.56 Å². The van der Waals surface area contributed by atoms with E-state index in [4.69, 9.17) is 9.84 Å². The summed E-state index contributed by atoms with van der Waals surface area (Å²) in [5.74, 6) is -6.37. The fourth-order valence-electron chi connectivity index (χ4n) is 2.23. The van der Waals surface area contributed by atoms with Gasteiger partial charge in [-0.15, -0.1) is 0 Å². The second-order valence-electron chi connectivity index (χ2n) is 6.38. The number of hydrogen-bond acceptors (Lipinski definition) is 2. The van der Waals surface area contributed by atoms with Gasteiger partial charge in [-0.05, 0) is 23.1 Å². The zero-order valence-corrected chi connectivity index (χ0v) is 12.7. The van der Waals surface area contributed by atoms with Crippen molar-refractivity contribution >= 4 is 12.0 Å². The average molecular weight is 332 g/mol. The molecule has 0 bridgehead atoms. The molecule has 0 saturated carbocycles. The van der Waals surface area contributed by atoms with Gasteiger partial charge in [-0.2, -0.15) is 8.78 Å². The van der Waals surface area contributed by atoms with Crippen molar-refractivity contribution < 1.29 is 32.2 Å². The molecule has 1 aliphatic rings. The van der Waals surface area contributed by atoms with Crippen LogP contribution in [0.1, 0.15) is 31.9 Å². The molecule has 7 heteroatoms. The van der Waals surface area contributed by atoms with Crippen molar-refractivity contribution in [3.05, 3.63) is 34.9 Å². The van der Waals surface area contributed by atoms with Crippen molar-refractivity contribution in [3.8, 4) is 5.75 Å². The molecule has 0 saturated heterocycles. The lowest BCUT2D eigenvalue weighted by Crippen LogP contribution is -2.47. The third-order valence-corrected chi connectivity index (χ3v) is 3.61. The van der Waals surface area contributed by atoms with E-state index in [1.807, 2.05) is 20.8 Å². The SMILES string of the molecule is CC(C)(C)c1ccc2c(c1)OC(C(F)(F)C(F)F)C(C(=O)O)=C2. The van der Waals surface area contributed by atoms with E-state index >= 15 is 0 Å². The summed E-state index contributed by atoms with van der Waals surface area (Å²) in [5, 5.41) is 9.04. The normalized spacial score (nSPS) is 18.3. The van der Waals surface area contributed by atoms with Gasteiger partial charge in [-0.1, -0.05) is 32.9 Å². The van der Waals surface area contributed by atoms with Crippen LogP contribution in [0.3, 0.4) is 0 Å². The largest absolute Gasteiger partial charge is 0.478 e. The molecule has 1 aromatic rings. The number of alkyl halides is 4. The molecule has 1 aliphatic heterocycles. The molecule has 1 unspecified atom stereocenters. The van der Waals surface area contributed by atoms with Gasteiger partial charge in [0.05, 0.1) is 5.57 Å². The predicted molar refractivity (Wildman–Crippen MR) is 76.1 cm³/mol. The highest BCUT2D eigenvalue weighted by atomic mass is 19.3. The molecule has 0 aromatic heterocycles. The number of hydrogen-bond donors (Lipinski definition) is 1. The molecule has 0 aliphatic carbocycles. The summed E-state index contributed by atoms with van der Waals surface area (Å²) in [7, 11) is 0. The number of ether oxygens (including phenoxy) is 1. The molecule has 1 N–H and O–H groups in total. The lowest BCUT2D eigenvalue weighted by Gasteiger charge is -2.31. The van der Waals surface area contributed by atoms with Crippen LogP contribution in [0.25, 0.3) is 6.08 Å². The second kappa shape index (κ2) is 5.54. The Hall–Kier alpha value is -2.05. The standard InChI is InChI=1S/C16H16F4O3/c1-15(2,3)9-5-4-8-6-10(13(21)22)12(23-11(8)7-9)16(19,20)14(17)18/h4-7,12,14H,1-3H3,(H,21,22). The van der Waals surface area contributed by atoms with E-state index in [1.54, 1.807) is 6.07 Å². The van der Waals surface area contributed by atoms with Crippen LogP contribution in [0.5, 0.6) is 5.75 Å². The van der Waals surface area contributed by atoms with Crippen LogP contribution in [-0.4, -0.2) is 29.5 Å². The Balaban J connectivity index is 2.55. The quantitative estimate of drug-likeness (QED) is 0.847. The number of benzene rings is 1. The minimum absolute atomic E-state index is 0.0345. The van der Waals surface area contributed by atoms with Crippen LogP contribution in [0.15, 0.2) is 23.8 Å². The lowest BCUT2D eigenvalue weighted by molar-refractivity contribution is -0.177. The molecule has 0 amide bonds. The van der Waals surface area contributed by atoms with Crippen LogP contribution in [0.4, 0.5) is 17.6 Å². The van der Waals surface area contributed by atoms with Gasteiger partial charge < -0.3 is 9.84 Å². The van der Waals surface area contributed by atoms with Crippen molar-refractivity contribution in [1.29, 1.82) is 0 Å². The summed E-state index contributed by atoms with van der Waals surface area (Å²) in [4.78, 5) is 11.1. The third-order valence-electron chi connectivity index (χ3n) is 3.61. The van der Waals surface area contributed by atoms with Crippen LogP contribution >= 0.6 is 0 Å². The van der Waals surface area contributed by atoms with Gasteiger partial charge in [0.2, 0.25) is 0 Å². The first-order chi connectivity index (χ1) is 10.4. The molecule has 2 rings (SSSR count). The van der Waals surface area contributed by atoms with Gasteiger partial charge in [0.15, 0.2) is 6.10 Å². The summed E-state index contributed by atoms with van der Waals surface area (Å²) >= 11 is 0. The minimum atomic E-state index is -4.61. The van der Waals surface area contributed by atoms with Crippen LogP contribution < -0.4 is 4.74 Å². The van der Waals surface area contributed by atoms with E-state index in [9.17, 15) is 22.4 Å². The summed E-state index contributed by atoms with van der Waals surface area (Å²) in [6.07, 6.45) is -5.63. The van der Waals surface area contributed by atoms with E-state index < -0.39 is 30.0 Å². The summed E-state index contributed by atoms with van der Waals surface area (Å²) < 4.78 is 57.6. The molecule has 0 radical (unpaired) electrons. The summed E-state index contributed by atoms with van der Waals surface area (Å²) in [6.45, 7) is 5.67. The number of carboxylic acid groups (broad SMARTS) is 1. The Morgan fingerprint density at radius 3 is 2.35 bits per heavy atom. The molecule has 1 aromatic carbocycles. The van der Waals surface area contributed by atoms with E-state index in [0.717, 1.165) is 11.6 Å². The van der Waals surface area contributed by atoms with Gasteiger partial charge in [0.1, 0.15) is 5.75 Å². The van der Waals surface area contributed by atoms with Gasteiger partial charge in [0.25, 0.3) is 0 Å². The first-order valence-corrected chi connectivity index (χ1v) is 6.86. The number of aliphatic carboxylic acids is 1. The lowest BCUT2D eigenvalue weighted by atomic mass is 9.85. The van der Waals surface area contributed by atoms with E-state index in [2.05, 4.69) is 0 Å². The van der Waals surface area contributed by atoms with Gasteiger partial charge in [-0.25, -0.2) is 13.6 Å². The number of carboxylic acids is 1. The Labute approximate surface area is 130 Å². The summed E-state index contributed by atoms with van der Waals surface area (Å²) in [6, 6.07) is 4.71. The number of carbonyl (C=O) groups is 1. The molecular formula is C16H16F4O3. The van der Waals surface area contributed by atoms with Crippen molar-refractivity contribution in [1.82, 2.24) is 0 Å². The molecule has 1 heterocycles. The zero-order chi connectivity index (χ0) is 17.6. The Bertz CT molecular complexity index is 660. The van der Waals surface area contributed by atoms with Crippen LogP contribution in [0.2, 0.25) is 0 Å². The molecule has 0 spiro atoms. The Morgan fingerprint density at radius 2 is 1.87 bits per heavy atom. The predicted octanol–water partition coefficient (Wildman–Crippen LogP) is 4.11. The zero-order valence-electron chi connectivity index (χ0n) is 12.7. The number of fused-ring (bicyclic) bond motifs is 1. The highest BCUT2D eigenvalue weighted by molar-refractivity contribution is 5.95. The molecular weight excluding hydrogens is 316 g/mol. The van der Waals surface area contributed by atoms with Crippen LogP contribution in [-0.2, 0) is 10.2 Å². The number of rotatable bonds is 3. The second-order valence-corrected chi connectivity index (χ2v) is 6.38. The molecule has 126 valence electrons. The Kier molecular flexibility index (Phi) is 4.17. The molecule has 1 atom stereocenters. The topological polar surface area (TPSA) is 46.5 Å². The highest BCUT2D eigenvalue weighted by Gasteiger charge is 2.54. The van der Waals surface area contributed by atoms with Crippen molar-refractivity contribution in [2.45, 2.75) is 44.6 Å². The molecule has 3 nitrogen and oxygen atoms in total. The van der Waals surface area contributed by atoms with Crippen molar-refractivity contribution in [2.75, 3.05) is 0 Å². The highest BCUT2D eigenvalue weighted by Crippen LogP contribution is 2.40. The average Bonchev–Trinajstić information content (AvgIpc) is 2.43. The van der Waals surface area contributed by atoms with E-state index in [-0.39, 0.29) is 16.7 Å². The Morgan fingerprint density at radius 1 is 1.26 bits per heavy atom. The monoisotopic (exact) mass is 332 g/mol. The van der Waals surface area contributed by atoms with Crippen LogP contribution in [0, 0.1) is 0 Å². The first-order valence-electron chi connectivity index (χ1n) is 6.86. The number of halogens is 4. The first kappa shape index (κ1) is 17.3. The molecule has 23 heavy (non-hydrogen) atoms. The van der Waals surface area contributed by atoms with Crippen molar-refractivity contribution in [3.63, 3.8) is 0 Å².